The maximum Gasteiger partial charge on any atom is 0.0610 e. The molecule has 3 aliphatic rings. The number of fused-ring (bicyclic) bond motifs is 1. The number of halogens is 1. The lowest BCUT2D eigenvalue weighted by Crippen LogP contribution is -2.17. The summed E-state index contributed by atoms with van der Waals surface area (Å²) in [7, 11) is 0. The minimum atomic E-state index is 0.492. The number of alkyl halides is 1. The predicted octanol–water partition coefficient (Wildman–Crippen LogP) is 4.92. The Kier molecular flexibility index (Phi) is 3.97. The van der Waals surface area contributed by atoms with E-state index in [2.05, 4.69) is 60.0 Å². The van der Waals surface area contributed by atoms with E-state index >= 15 is 0 Å². The number of allylic oxidation sites excluding steroid dienone is 3. The molecule has 126 valence electrons. The van der Waals surface area contributed by atoms with Crippen LogP contribution in [0.5, 0.6) is 0 Å². The second-order valence-corrected chi connectivity index (χ2v) is 6.85. The lowest BCUT2D eigenvalue weighted by Gasteiger charge is -2.29. The zero-order valence-corrected chi connectivity index (χ0v) is 15.2. The van der Waals surface area contributed by atoms with Gasteiger partial charge in [0, 0.05) is 51.5 Å². The summed E-state index contributed by atoms with van der Waals surface area (Å²) in [6, 6.07) is 6.30. The highest BCUT2D eigenvalue weighted by Gasteiger charge is 2.29. The molecule has 0 fully saturated rings. The molecule has 1 N–H and O–H groups in total. The van der Waals surface area contributed by atoms with Gasteiger partial charge in [0.1, 0.15) is 0 Å². The fourth-order valence-corrected chi connectivity index (χ4v) is 3.86. The van der Waals surface area contributed by atoms with Crippen LogP contribution in [0.1, 0.15) is 25.0 Å². The van der Waals surface area contributed by atoms with Gasteiger partial charge in [0.25, 0.3) is 0 Å². The van der Waals surface area contributed by atoms with Gasteiger partial charge in [-0.15, -0.1) is 11.6 Å². The first-order chi connectivity index (χ1) is 12.1. The number of anilines is 1. The van der Waals surface area contributed by atoms with Crippen molar-refractivity contribution < 1.29 is 0 Å². The molecule has 0 amide bonds. The third kappa shape index (κ3) is 2.59. The quantitative estimate of drug-likeness (QED) is 0.772. The summed E-state index contributed by atoms with van der Waals surface area (Å²) in [6.45, 7) is 10.0. The predicted molar refractivity (Wildman–Crippen MR) is 108 cm³/mol. The van der Waals surface area contributed by atoms with Gasteiger partial charge in [0.2, 0.25) is 0 Å². The molecule has 3 aliphatic heterocycles. The third-order valence-electron chi connectivity index (χ3n) is 4.87. The first kappa shape index (κ1) is 16.1. The standard InChI is InChI=1S/C21H20ClN3/c1-12-10-24-13(2)19(12)20-14(3)25-18-5-4-15(9-22)8-17(18)21(20)16-6-7-23-11-16/h4-6,8,11,25H,3,7,9-10H2,1-2H3. The van der Waals surface area contributed by atoms with Crippen LogP contribution < -0.4 is 5.32 Å². The molecule has 0 radical (unpaired) electrons. The Morgan fingerprint density at radius 2 is 2.04 bits per heavy atom. The molecule has 4 rings (SSSR count). The van der Waals surface area contributed by atoms with Gasteiger partial charge in [-0.2, -0.15) is 0 Å². The molecule has 0 spiro atoms. The first-order valence-electron chi connectivity index (χ1n) is 8.42. The molecule has 0 bridgehead atoms. The van der Waals surface area contributed by atoms with Crippen molar-refractivity contribution in [3.8, 4) is 0 Å². The van der Waals surface area contributed by atoms with Gasteiger partial charge in [-0.3, -0.25) is 9.98 Å². The normalized spacial score (nSPS) is 19.2. The van der Waals surface area contributed by atoms with Crippen LogP contribution >= 0.6 is 11.6 Å². The molecule has 0 unspecified atom stereocenters. The number of hydrogen-bond donors (Lipinski definition) is 1. The van der Waals surface area contributed by atoms with Crippen LogP contribution in [0.3, 0.4) is 0 Å². The van der Waals surface area contributed by atoms with E-state index in [1.54, 1.807) is 0 Å². The SMILES string of the molecule is C=C1Nc2ccc(CCl)cc2C(C2=CCN=C2)=C1C1=C(C)CN=C1C. The zero-order chi connectivity index (χ0) is 17.6. The minimum Gasteiger partial charge on any atom is -0.355 e. The van der Waals surface area contributed by atoms with Gasteiger partial charge in [0.05, 0.1) is 13.1 Å². The molecule has 3 heterocycles. The Labute approximate surface area is 153 Å². The van der Waals surface area contributed by atoms with Crippen molar-refractivity contribution in [3.05, 3.63) is 70.0 Å². The molecule has 1 aromatic rings. The van der Waals surface area contributed by atoms with E-state index in [0.29, 0.717) is 5.88 Å². The topological polar surface area (TPSA) is 36.8 Å². The maximum absolute atomic E-state index is 6.09. The van der Waals surface area contributed by atoms with Crippen molar-refractivity contribution in [2.24, 2.45) is 9.98 Å². The van der Waals surface area contributed by atoms with Gasteiger partial charge >= 0.3 is 0 Å². The Morgan fingerprint density at radius 1 is 1.20 bits per heavy atom. The molecule has 25 heavy (non-hydrogen) atoms. The average Bonchev–Trinajstić information content (AvgIpc) is 3.24. The monoisotopic (exact) mass is 349 g/mol. The number of hydrogen-bond acceptors (Lipinski definition) is 3. The summed E-state index contributed by atoms with van der Waals surface area (Å²) in [5.41, 5.74) is 11.2. The Balaban J connectivity index is 2.04. The van der Waals surface area contributed by atoms with Crippen LogP contribution in [0.15, 0.2) is 68.8 Å². The minimum absolute atomic E-state index is 0.492. The average molecular weight is 350 g/mol. The van der Waals surface area contributed by atoms with Crippen molar-refractivity contribution in [1.82, 2.24) is 0 Å². The number of rotatable bonds is 3. The molecule has 0 aliphatic carbocycles. The largest absolute Gasteiger partial charge is 0.355 e. The van der Waals surface area contributed by atoms with Crippen LogP contribution in [0.2, 0.25) is 0 Å². The second kappa shape index (κ2) is 6.16. The molecule has 0 saturated heterocycles. The number of aliphatic imine (C=N–C) groups is 2. The number of nitrogens with one attached hydrogen (secondary N) is 1. The van der Waals surface area contributed by atoms with E-state index in [9.17, 15) is 0 Å². The van der Waals surface area contributed by atoms with Gasteiger partial charge < -0.3 is 5.32 Å². The molecular formula is C21H20ClN3. The summed E-state index contributed by atoms with van der Waals surface area (Å²) in [5, 5.41) is 3.48. The Bertz CT molecular complexity index is 942. The third-order valence-corrected chi connectivity index (χ3v) is 5.18. The first-order valence-corrected chi connectivity index (χ1v) is 8.95. The van der Waals surface area contributed by atoms with E-state index in [4.69, 9.17) is 11.6 Å². The molecule has 0 atom stereocenters. The van der Waals surface area contributed by atoms with Gasteiger partial charge in [-0.05, 0) is 42.7 Å². The number of benzene rings is 1. The summed E-state index contributed by atoms with van der Waals surface area (Å²) >= 11 is 6.09. The lowest BCUT2D eigenvalue weighted by molar-refractivity contribution is 1.16. The van der Waals surface area contributed by atoms with Crippen LogP contribution in [0.25, 0.3) is 5.57 Å². The summed E-state index contributed by atoms with van der Waals surface area (Å²) < 4.78 is 0. The Morgan fingerprint density at radius 3 is 2.68 bits per heavy atom. The van der Waals surface area contributed by atoms with Crippen molar-refractivity contribution in [1.29, 1.82) is 0 Å². The van der Waals surface area contributed by atoms with E-state index in [0.717, 1.165) is 52.5 Å². The molecule has 3 nitrogen and oxygen atoms in total. The van der Waals surface area contributed by atoms with Crippen LogP contribution in [0.4, 0.5) is 5.69 Å². The van der Waals surface area contributed by atoms with E-state index in [1.165, 1.54) is 16.7 Å². The van der Waals surface area contributed by atoms with Crippen molar-refractivity contribution in [3.63, 3.8) is 0 Å². The van der Waals surface area contributed by atoms with Crippen LogP contribution in [-0.2, 0) is 5.88 Å². The van der Waals surface area contributed by atoms with Crippen molar-refractivity contribution in [2.45, 2.75) is 19.7 Å². The highest BCUT2D eigenvalue weighted by atomic mass is 35.5. The molecule has 4 heteroatoms. The fourth-order valence-electron chi connectivity index (χ4n) is 3.70. The van der Waals surface area contributed by atoms with E-state index < -0.39 is 0 Å². The van der Waals surface area contributed by atoms with Crippen molar-refractivity contribution in [2.75, 3.05) is 18.4 Å². The molecule has 0 saturated carbocycles. The van der Waals surface area contributed by atoms with Gasteiger partial charge in [-0.25, -0.2) is 0 Å². The van der Waals surface area contributed by atoms with Gasteiger partial charge in [0.15, 0.2) is 0 Å². The highest BCUT2D eigenvalue weighted by Crippen LogP contribution is 2.44. The molecule has 1 aromatic carbocycles. The van der Waals surface area contributed by atoms with E-state index in [-0.39, 0.29) is 0 Å². The summed E-state index contributed by atoms with van der Waals surface area (Å²) in [6.07, 6.45) is 4.13. The smallest absolute Gasteiger partial charge is 0.0610 e. The zero-order valence-electron chi connectivity index (χ0n) is 14.5. The van der Waals surface area contributed by atoms with Crippen LogP contribution in [-0.4, -0.2) is 25.0 Å². The maximum atomic E-state index is 6.09. The lowest BCUT2D eigenvalue weighted by atomic mass is 9.82. The van der Waals surface area contributed by atoms with Crippen molar-refractivity contribution >= 4 is 34.8 Å². The van der Waals surface area contributed by atoms with E-state index in [1.807, 2.05) is 6.21 Å². The van der Waals surface area contributed by atoms with Crippen LogP contribution in [0, 0.1) is 0 Å². The second-order valence-electron chi connectivity index (χ2n) is 6.58. The Hall–Kier alpha value is -2.39. The summed E-state index contributed by atoms with van der Waals surface area (Å²) in [5.74, 6) is 0.492. The number of nitrogens with zero attached hydrogens (tertiary/aromatic N) is 2. The van der Waals surface area contributed by atoms with Gasteiger partial charge in [-0.1, -0.05) is 18.7 Å². The highest BCUT2D eigenvalue weighted by molar-refractivity contribution is 6.17. The fraction of sp³-hybridized carbons (Fsp3) is 0.238. The summed E-state index contributed by atoms with van der Waals surface area (Å²) in [4.78, 5) is 9.03. The molecule has 0 aromatic heterocycles. The molecular weight excluding hydrogens is 330 g/mol.